The fourth-order valence-electron chi connectivity index (χ4n) is 1.90. The van der Waals surface area contributed by atoms with Crippen molar-refractivity contribution < 1.29 is 13.5 Å². The number of hydrogen-bond acceptors (Lipinski definition) is 2. The first-order chi connectivity index (χ1) is 7.77. The Bertz CT molecular complexity index is 318. The first-order valence-corrected chi connectivity index (χ1v) is 5.41. The number of morpholine rings is 1. The Kier molecular flexibility index (Phi) is 3.85. The Hall–Kier alpha value is -1.00. The summed E-state index contributed by atoms with van der Waals surface area (Å²) in [5.41, 5.74) is 1.06. The maximum atomic E-state index is 12.8. The molecule has 0 unspecified atom stereocenters. The highest BCUT2D eigenvalue weighted by Crippen LogP contribution is 2.17. The van der Waals surface area contributed by atoms with Gasteiger partial charge in [-0.1, -0.05) is 30.3 Å². The summed E-state index contributed by atoms with van der Waals surface area (Å²) in [5.74, 6) is 0. The Morgan fingerprint density at radius 3 is 2.75 bits per heavy atom. The molecule has 88 valence electrons. The second-order valence-electron chi connectivity index (χ2n) is 3.93. The highest BCUT2D eigenvalue weighted by Gasteiger charge is 2.30. The molecule has 4 heteroatoms. The lowest BCUT2D eigenvalue weighted by molar-refractivity contribution is -0.0743. The zero-order valence-corrected chi connectivity index (χ0v) is 8.98. The second kappa shape index (κ2) is 5.37. The molecule has 1 atom stereocenters. The minimum Gasteiger partial charge on any atom is -0.378 e. The van der Waals surface area contributed by atoms with Crippen LogP contribution in [0, 0.1) is 0 Å². The average molecular weight is 227 g/mol. The molecule has 1 aliphatic heterocycles. The van der Waals surface area contributed by atoms with Crippen molar-refractivity contribution in [3.8, 4) is 0 Å². The Balaban J connectivity index is 2.01. The predicted molar refractivity (Wildman–Crippen MR) is 57.5 cm³/mol. The standard InChI is InChI=1S/C12H15F2NO/c13-12(14)11-9-16-7-6-15(11)8-10-4-2-1-3-5-10/h1-5,11-12H,6-9H2/t11-/m0/s1. The molecule has 2 nitrogen and oxygen atoms in total. The van der Waals surface area contributed by atoms with Gasteiger partial charge in [-0.15, -0.1) is 0 Å². The van der Waals surface area contributed by atoms with E-state index in [1.54, 1.807) is 4.90 Å². The lowest BCUT2D eigenvalue weighted by Gasteiger charge is -2.34. The predicted octanol–water partition coefficient (Wildman–Crippen LogP) is 2.15. The minimum absolute atomic E-state index is 0.129. The number of rotatable bonds is 3. The molecule has 0 aliphatic carbocycles. The van der Waals surface area contributed by atoms with Gasteiger partial charge < -0.3 is 4.74 Å². The van der Waals surface area contributed by atoms with E-state index in [-0.39, 0.29) is 6.61 Å². The summed E-state index contributed by atoms with van der Waals surface area (Å²) in [6, 6.07) is 8.91. The van der Waals surface area contributed by atoms with Gasteiger partial charge in [-0.25, -0.2) is 8.78 Å². The van der Waals surface area contributed by atoms with Gasteiger partial charge in [0, 0.05) is 13.1 Å². The molecule has 0 saturated carbocycles. The Labute approximate surface area is 93.8 Å². The molecule has 0 radical (unpaired) electrons. The SMILES string of the molecule is FC(F)[C@@H]1COCCN1Cc1ccccc1. The fraction of sp³-hybridized carbons (Fsp3) is 0.500. The molecule has 1 aromatic rings. The molecular weight excluding hydrogens is 212 g/mol. The fourth-order valence-corrected chi connectivity index (χ4v) is 1.90. The minimum atomic E-state index is -2.34. The molecule has 1 fully saturated rings. The van der Waals surface area contributed by atoms with E-state index >= 15 is 0 Å². The van der Waals surface area contributed by atoms with Gasteiger partial charge in [0.2, 0.25) is 0 Å². The van der Waals surface area contributed by atoms with Crippen LogP contribution in [0.25, 0.3) is 0 Å². The van der Waals surface area contributed by atoms with Gasteiger partial charge in [0.15, 0.2) is 0 Å². The summed E-state index contributed by atoms with van der Waals surface area (Å²) in [7, 11) is 0. The number of ether oxygens (including phenoxy) is 1. The molecule has 1 heterocycles. The van der Waals surface area contributed by atoms with Crippen LogP contribution in [0.2, 0.25) is 0 Å². The van der Waals surface area contributed by atoms with Crippen molar-refractivity contribution in [1.82, 2.24) is 4.90 Å². The van der Waals surface area contributed by atoms with E-state index in [0.717, 1.165) is 5.56 Å². The van der Waals surface area contributed by atoms with Crippen LogP contribution in [-0.2, 0) is 11.3 Å². The zero-order chi connectivity index (χ0) is 11.4. The number of alkyl halides is 2. The monoisotopic (exact) mass is 227 g/mol. The van der Waals surface area contributed by atoms with Crippen LogP contribution >= 0.6 is 0 Å². The number of hydrogen-bond donors (Lipinski definition) is 0. The topological polar surface area (TPSA) is 12.5 Å². The average Bonchev–Trinajstić information content (AvgIpc) is 2.31. The van der Waals surface area contributed by atoms with Gasteiger partial charge >= 0.3 is 0 Å². The maximum Gasteiger partial charge on any atom is 0.256 e. The molecule has 1 aromatic carbocycles. The number of benzene rings is 1. The second-order valence-corrected chi connectivity index (χ2v) is 3.93. The summed E-state index contributed by atoms with van der Waals surface area (Å²) in [4.78, 5) is 1.80. The third-order valence-corrected chi connectivity index (χ3v) is 2.80. The van der Waals surface area contributed by atoms with Crippen molar-refractivity contribution >= 4 is 0 Å². The van der Waals surface area contributed by atoms with Crippen LogP contribution in [0.4, 0.5) is 8.78 Å². The molecule has 0 aromatic heterocycles. The van der Waals surface area contributed by atoms with Gasteiger partial charge in [0.05, 0.1) is 19.3 Å². The number of halogens is 2. The maximum absolute atomic E-state index is 12.8. The van der Waals surface area contributed by atoms with Crippen LogP contribution in [0.3, 0.4) is 0 Å². The van der Waals surface area contributed by atoms with Crippen molar-refractivity contribution in [3.63, 3.8) is 0 Å². The molecular formula is C12H15F2NO. The van der Waals surface area contributed by atoms with Crippen LogP contribution < -0.4 is 0 Å². The molecule has 16 heavy (non-hydrogen) atoms. The van der Waals surface area contributed by atoms with Crippen molar-refractivity contribution in [2.75, 3.05) is 19.8 Å². The van der Waals surface area contributed by atoms with Crippen molar-refractivity contribution in [2.45, 2.75) is 19.0 Å². The summed E-state index contributed by atoms with van der Waals surface area (Å²) in [6.45, 7) is 1.81. The van der Waals surface area contributed by atoms with Gasteiger partial charge in [-0.3, -0.25) is 4.90 Å². The molecule has 0 spiro atoms. The Morgan fingerprint density at radius 2 is 2.06 bits per heavy atom. The molecule has 1 aliphatic rings. The van der Waals surface area contributed by atoms with Crippen molar-refractivity contribution in [2.24, 2.45) is 0 Å². The van der Waals surface area contributed by atoms with Gasteiger partial charge in [-0.2, -0.15) is 0 Å². The van der Waals surface area contributed by atoms with Crippen LogP contribution in [0.1, 0.15) is 5.56 Å². The smallest absolute Gasteiger partial charge is 0.256 e. The van der Waals surface area contributed by atoms with Gasteiger partial charge in [0.25, 0.3) is 6.43 Å². The van der Waals surface area contributed by atoms with E-state index in [2.05, 4.69) is 0 Å². The van der Waals surface area contributed by atoms with E-state index in [1.165, 1.54) is 0 Å². The van der Waals surface area contributed by atoms with E-state index in [9.17, 15) is 8.78 Å². The first-order valence-electron chi connectivity index (χ1n) is 5.41. The van der Waals surface area contributed by atoms with E-state index in [4.69, 9.17) is 4.74 Å². The lowest BCUT2D eigenvalue weighted by Crippen LogP contribution is -2.48. The summed E-state index contributed by atoms with van der Waals surface area (Å²) < 4.78 is 30.6. The van der Waals surface area contributed by atoms with E-state index in [1.807, 2.05) is 30.3 Å². The van der Waals surface area contributed by atoms with E-state index in [0.29, 0.717) is 19.7 Å². The van der Waals surface area contributed by atoms with Crippen LogP contribution in [0.15, 0.2) is 30.3 Å². The number of nitrogens with zero attached hydrogens (tertiary/aromatic N) is 1. The quantitative estimate of drug-likeness (QED) is 0.784. The highest BCUT2D eigenvalue weighted by atomic mass is 19.3. The lowest BCUT2D eigenvalue weighted by atomic mass is 10.1. The van der Waals surface area contributed by atoms with Crippen LogP contribution in [0.5, 0.6) is 0 Å². The highest BCUT2D eigenvalue weighted by molar-refractivity contribution is 5.14. The van der Waals surface area contributed by atoms with Crippen LogP contribution in [-0.4, -0.2) is 37.1 Å². The first kappa shape index (κ1) is 11.5. The normalized spacial score (nSPS) is 22.6. The Morgan fingerprint density at radius 1 is 1.31 bits per heavy atom. The van der Waals surface area contributed by atoms with Crippen molar-refractivity contribution in [3.05, 3.63) is 35.9 Å². The van der Waals surface area contributed by atoms with Gasteiger partial charge in [-0.05, 0) is 5.56 Å². The van der Waals surface area contributed by atoms with Crippen molar-refractivity contribution in [1.29, 1.82) is 0 Å². The molecule has 2 rings (SSSR count). The van der Waals surface area contributed by atoms with E-state index < -0.39 is 12.5 Å². The largest absolute Gasteiger partial charge is 0.378 e. The third kappa shape index (κ3) is 2.77. The molecule has 0 N–H and O–H groups in total. The molecule has 1 saturated heterocycles. The molecule has 0 bridgehead atoms. The summed E-state index contributed by atoms with van der Waals surface area (Å²) >= 11 is 0. The summed E-state index contributed by atoms with van der Waals surface area (Å²) in [6.07, 6.45) is -2.34. The zero-order valence-electron chi connectivity index (χ0n) is 8.98. The third-order valence-electron chi connectivity index (χ3n) is 2.80. The molecule has 0 amide bonds. The summed E-state index contributed by atoms with van der Waals surface area (Å²) in [5, 5.41) is 0. The van der Waals surface area contributed by atoms with Gasteiger partial charge in [0.1, 0.15) is 0 Å².